The van der Waals surface area contributed by atoms with Crippen molar-refractivity contribution in [2.75, 3.05) is 26.7 Å². The van der Waals surface area contributed by atoms with E-state index in [0.717, 1.165) is 49.1 Å². The van der Waals surface area contributed by atoms with E-state index in [1.807, 2.05) is 43.0 Å². The summed E-state index contributed by atoms with van der Waals surface area (Å²) in [7, 11) is -1.81. The molecule has 0 N–H and O–H groups in total. The van der Waals surface area contributed by atoms with Crippen LogP contribution in [0.5, 0.6) is 5.75 Å². The summed E-state index contributed by atoms with van der Waals surface area (Å²) in [6.45, 7) is 5.34. The third kappa shape index (κ3) is 6.15. The number of sulfonamides is 1. The molecule has 2 aromatic rings. The van der Waals surface area contributed by atoms with Gasteiger partial charge in [-0.25, -0.2) is 8.42 Å². The lowest BCUT2D eigenvalue weighted by Crippen LogP contribution is -2.35. The Bertz CT molecular complexity index is 1000. The first-order valence-electron chi connectivity index (χ1n) is 11.9. The molecule has 0 bridgehead atoms. The molecule has 0 saturated carbocycles. The van der Waals surface area contributed by atoms with Gasteiger partial charge >= 0.3 is 0 Å². The second-order valence-corrected chi connectivity index (χ2v) is 10.4. The van der Waals surface area contributed by atoms with Crippen molar-refractivity contribution in [1.82, 2.24) is 9.21 Å². The molecule has 1 aliphatic rings. The van der Waals surface area contributed by atoms with Gasteiger partial charge in [0.05, 0.1) is 18.0 Å². The van der Waals surface area contributed by atoms with Gasteiger partial charge in [0.25, 0.3) is 0 Å². The number of hydrogen-bond donors (Lipinski definition) is 0. The smallest absolute Gasteiger partial charge is 0.243 e. The van der Waals surface area contributed by atoms with Crippen molar-refractivity contribution < 1.29 is 17.9 Å². The molecular weight excluding hydrogens is 436 g/mol. The van der Waals surface area contributed by atoms with Crippen molar-refractivity contribution >= 4 is 15.9 Å². The number of nitrogens with zero attached hydrogens (tertiary/aromatic N) is 2. The van der Waals surface area contributed by atoms with Crippen molar-refractivity contribution in [3.05, 3.63) is 59.7 Å². The molecule has 2 aromatic carbocycles. The van der Waals surface area contributed by atoms with Crippen molar-refractivity contribution in [2.24, 2.45) is 0 Å². The molecular formula is C26H36N2O4S. The summed E-state index contributed by atoms with van der Waals surface area (Å²) in [4.78, 5) is 15.6. The molecule has 0 radical (unpaired) electrons. The number of amides is 1. The van der Waals surface area contributed by atoms with E-state index in [4.69, 9.17) is 4.74 Å². The number of carbonyl (C=O) groups excluding carboxylic acids is 1. The van der Waals surface area contributed by atoms with Crippen molar-refractivity contribution in [3.8, 4) is 5.75 Å². The lowest BCUT2D eigenvalue weighted by molar-refractivity contribution is -0.133. The second-order valence-electron chi connectivity index (χ2n) is 8.46. The molecule has 1 unspecified atom stereocenters. The Morgan fingerprint density at radius 2 is 1.67 bits per heavy atom. The van der Waals surface area contributed by atoms with E-state index in [-0.39, 0.29) is 11.9 Å². The highest BCUT2D eigenvalue weighted by Gasteiger charge is 2.27. The van der Waals surface area contributed by atoms with Gasteiger partial charge in [0.1, 0.15) is 5.75 Å². The molecule has 1 fully saturated rings. The van der Waals surface area contributed by atoms with Crippen LogP contribution < -0.4 is 4.74 Å². The van der Waals surface area contributed by atoms with E-state index in [1.165, 1.54) is 4.31 Å². The van der Waals surface area contributed by atoms with Crippen LogP contribution in [0, 0.1) is 0 Å². The van der Waals surface area contributed by atoms with Gasteiger partial charge in [0.2, 0.25) is 15.9 Å². The standard InChI is InChI=1S/C26H36N2O4S/c1-4-27(5-2)33(30,31)24-17-10-21(11-18-24)12-19-26(29)28-20-8-6-7-9-25(28)22-13-15-23(32-3)16-14-22/h10-11,13-18,25H,4-9,12,19-20H2,1-3H3. The molecule has 6 nitrogen and oxygen atoms in total. The van der Waals surface area contributed by atoms with E-state index in [9.17, 15) is 13.2 Å². The molecule has 1 amide bonds. The van der Waals surface area contributed by atoms with E-state index >= 15 is 0 Å². The van der Waals surface area contributed by atoms with Crippen molar-refractivity contribution in [1.29, 1.82) is 0 Å². The highest BCUT2D eigenvalue weighted by molar-refractivity contribution is 7.89. The van der Waals surface area contributed by atoms with Gasteiger partial charge in [-0.2, -0.15) is 4.31 Å². The van der Waals surface area contributed by atoms with Gasteiger partial charge in [-0.3, -0.25) is 4.79 Å². The average Bonchev–Trinajstić information content (AvgIpc) is 3.10. The molecule has 3 rings (SSSR count). The summed E-state index contributed by atoms with van der Waals surface area (Å²) in [5.41, 5.74) is 2.12. The van der Waals surface area contributed by atoms with Crippen LogP contribution in [0.2, 0.25) is 0 Å². The third-order valence-corrected chi connectivity index (χ3v) is 8.53. The van der Waals surface area contributed by atoms with E-state index in [0.29, 0.717) is 30.8 Å². The van der Waals surface area contributed by atoms with E-state index in [2.05, 4.69) is 12.1 Å². The van der Waals surface area contributed by atoms with Gasteiger partial charge in [0, 0.05) is 26.1 Å². The summed E-state index contributed by atoms with van der Waals surface area (Å²) in [6, 6.07) is 15.1. The number of methoxy groups -OCH3 is 1. The lowest BCUT2D eigenvalue weighted by Gasteiger charge is -2.31. The second kappa shape index (κ2) is 11.7. The zero-order valence-corrected chi connectivity index (χ0v) is 20.8. The Morgan fingerprint density at radius 1 is 1.00 bits per heavy atom. The Hall–Kier alpha value is -2.38. The predicted octanol–water partition coefficient (Wildman–Crippen LogP) is 4.80. The number of hydrogen-bond acceptors (Lipinski definition) is 4. The lowest BCUT2D eigenvalue weighted by atomic mass is 10.00. The zero-order valence-electron chi connectivity index (χ0n) is 20.0. The van der Waals surface area contributed by atoms with Crippen molar-refractivity contribution in [3.63, 3.8) is 0 Å². The predicted molar refractivity (Wildman–Crippen MR) is 131 cm³/mol. The first-order chi connectivity index (χ1) is 15.9. The Balaban J connectivity index is 1.67. The summed E-state index contributed by atoms with van der Waals surface area (Å²) in [6.07, 6.45) is 5.25. The Kier molecular flexibility index (Phi) is 8.92. The molecule has 1 saturated heterocycles. The number of likely N-dealkylation sites (tertiary alicyclic amines) is 1. The summed E-state index contributed by atoms with van der Waals surface area (Å²) >= 11 is 0. The number of rotatable bonds is 9. The topological polar surface area (TPSA) is 66.9 Å². The van der Waals surface area contributed by atoms with E-state index in [1.54, 1.807) is 19.2 Å². The number of aryl methyl sites for hydroxylation is 1. The first kappa shape index (κ1) is 25.2. The maximum atomic E-state index is 13.2. The molecule has 0 aliphatic carbocycles. The zero-order chi connectivity index (χ0) is 23.8. The summed E-state index contributed by atoms with van der Waals surface area (Å²) in [5, 5.41) is 0. The maximum absolute atomic E-state index is 13.2. The highest BCUT2D eigenvalue weighted by atomic mass is 32.2. The summed E-state index contributed by atoms with van der Waals surface area (Å²) in [5.74, 6) is 0.967. The van der Waals surface area contributed by atoms with Gasteiger partial charge in [-0.1, -0.05) is 51.0 Å². The fourth-order valence-electron chi connectivity index (χ4n) is 4.52. The number of carbonyl (C=O) groups is 1. The summed E-state index contributed by atoms with van der Waals surface area (Å²) < 4.78 is 32.1. The number of ether oxygens (including phenoxy) is 1. The molecule has 0 aromatic heterocycles. The van der Waals surface area contributed by atoms with Gasteiger partial charge < -0.3 is 9.64 Å². The first-order valence-corrected chi connectivity index (χ1v) is 13.4. The Morgan fingerprint density at radius 3 is 2.27 bits per heavy atom. The maximum Gasteiger partial charge on any atom is 0.243 e. The SMILES string of the molecule is CCN(CC)S(=O)(=O)c1ccc(CCC(=O)N2CCCCCC2c2ccc(OC)cc2)cc1. The van der Waals surface area contributed by atoms with Crippen LogP contribution in [0.1, 0.15) is 63.1 Å². The minimum Gasteiger partial charge on any atom is -0.497 e. The Labute approximate surface area is 198 Å². The molecule has 1 atom stereocenters. The molecule has 1 aliphatic heterocycles. The fraction of sp³-hybridized carbons (Fsp3) is 0.500. The van der Waals surface area contributed by atoms with Gasteiger partial charge in [-0.05, 0) is 54.7 Å². The van der Waals surface area contributed by atoms with Crippen LogP contribution in [0.3, 0.4) is 0 Å². The number of benzene rings is 2. The normalized spacial score (nSPS) is 17.1. The van der Waals surface area contributed by atoms with Crippen LogP contribution in [-0.4, -0.2) is 50.3 Å². The molecule has 7 heteroatoms. The minimum absolute atomic E-state index is 0.0903. The molecule has 0 spiro atoms. The van der Waals surface area contributed by atoms with Crippen molar-refractivity contribution in [2.45, 2.75) is 63.3 Å². The largest absolute Gasteiger partial charge is 0.497 e. The van der Waals surface area contributed by atoms with Crippen LogP contribution in [0.4, 0.5) is 0 Å². The van der Waals surface area contributed by atoms with E-state index < -0.39 is 10.0 Å². The molecule has 180 valence electrons. The van der Waals surface area contributed by atoms with Crippen LogP contribution in [0.15, 0.2) is 53.4 Å². The van der Waals surface area contributed by atoms with Gasteiger partial charge in [0.15, 0.2) is 0 Å². The fourth-order valence-corrected chi connectivity index (χ4v) is 5.97. The van der Waals surface area contributed by atoms with Crippen LogP contribution in [-0.2, 0) is 21.2 Å². The van der Waals surface area contributed by atoms with Gasteiger partial charge in [-0.15, -0.1) is 0 Å². The molecule has 33 heavy (non-hydrogen) atoms. The van der Waals surface area contributed by atoms with Crippen LogP contribution in [0.25, 0.3) is 0 Å². The van der Waals surface area contributed by atoms with Crippen LogP contribution >= 0.6 is 0 Å². The highest BCUT2D eigenvalue weighted by Crippen LogP contribution is 2.32. The monoisotopic (exact) mass is 472 g/mol. The quantitative estimate of drug-likeness (QED) is 0.526. The minimum atomic E-state index is -3.46. The average molecular weight is 473 g/mol. The third-order valence-electron chi connectivity index (χ3n) is 6.47. The molecule has 1 heterocycles.